The highest BCUT2D eigenvalue weighted by Crippen LogP contribution is 2.24. The number of carboxylic acid groups (broad SMARTS) is 1. The number of aryl methyl sites for hydroxylation is 1. The Balaban J connectivity index is 2.11. The van der Waals surface area contributed by atoms with Crippen LogP contribution in [0.25, 0.3) is 0 Å². The van der Waals surface area contributed by atoms with E-state index in [1.165, 1.54) is 0 Å². The summed E-state index contributed by atoms with van der Waals surface area (Å²) in [6, 6.07) is 3.19. The molecule has 0 saturated carbocycles. The van der Waals surface area contributed by atoms with Crippen LogP contribution in [0, 0.1) is 6.92 Å². The molecule has 24 heavy (non-hydrogen) atoms. The van der Waals surface area contributed by atoms with Gasteiger partial charge < -0.3 is 10.4 Å². The van der Waals surface area contributed by atoms with Gasteiger partial charge in [0.15, 0.2) is 0 Å². The molecule has 2 rings (SSSR count). The fourth-order valence-electron chi connectivity index (χ4n) is 2.11. The Morgan fingerprint density at radius 1 is 1.29 bits per heavy atom. The lowest BCUT2D eigenvalue weighted by Gasteiger charge is -2.18. The summed E-state index contributed by atoms with van der Waals surface area (Å²) in [6.07, 6.45) is 1.70. The molecule has 0 aliphatic carbocycles. The number of carboxylic acids is 1. The number of hydrogen-bond donors (Lipinski definition) is 2. The molecule has 2 aromatic heterocycles. The molecule has 1 atom stereocenters. The molecule has 7 heteroatoms. The van der Waals surface area contributed by atoms with Crippen LogP contribution in [0.4, 0.5) is 0 Å². The fraction of sp³-hybridized carbons (Fsp3) is 0.412. The Kier molecular flexibility index (Phi) is 5.03. The minimum absolute atomic E-state index is 0.0268. The van der Waals surface area contributed by atoms with Crippen LogP contribution >= 0.6 is 11.3 Å². The lowest BCUT2D eigenvalue weighted by atomic mass is 9.88. The van der Waals surface area contributed by atoms with Gasteiger partial charge in [0.25, 0.3) is 5.91 Å². The first kappa shape index (κ1) is 18.1. The second-order valence-electron chi connectivity index (χ2n) is 6.65. The average molecular weight is 347 g/mol. The van der Waals surface area contributed by atoms with Crippen molar-refractivity contribution in [2.75, 3.05) is 0 Å². The Labute approximate surface area is 145 Å². The van der Waals surface area contributed by atoms with E-state index in [0.717, 1.165) is 16.9 Å². The first-order valence-electron chi connectivity index (χ1n) is 7.57. The monoisotopic (exact) mass is 347 g/mol. The molecule has 2 N–H and O–H groups in total. The van der Waals surface area contributed by atoms with Crippen molar-refractivity contribution in [3.8, 4) is 0 Å². The summed E-state index contributed by atoms with van der Waals surface area (Å²) < 4.78 is 0. The minimum Gasteiger partial charge on any atom is -0.477 e. The summed E-state index contributed by atoms with van der Waals surface area (Å²) in [4.78, 5) is 32.0. The van der Waals surface area contributed by atoms with Crippen LogP contribution < -0.4 is 5.32 Å². The lowest BCUT2D eigenvalue weighted by molar-refractivity contribution is 0.0701. The van der Waals surface area contributed by atoms with Crippen LogP contribution in [-0.4, -0.2) is 27.0 Å². The number of nitrogens with one attached hydrogen (secondary N) is 1. The van der Waals surface area contributed by atoms with E-state index in [1.54, 1.807) is 26.1 Å². The topological polar surface area (TPSA) is 92.2 Å². The Bertz CT molecular complexity index is 760. The Morgan fingerprint density at radius 3 is 2.42 bits per heavy atom. The standard InChI is InChI=1S/C17H21N3O3S/c1-9-13(16(22)23)24-15(20-9)10(2)19-14(21)12-7-6-11(8-18-12)17(3,4)5/h6-8,10H,1-5H3,(H,19,21)(H,22,23). The third-order valence-electron chi connectivity index (χ3n) is 3.59. The molecule has 0 radical (unpaired) electrons. The molecule has 1 amide bonds. The van der Waals surface area contributed by atoms with Crippen LogP contribution in [0.15, 0.2) is 18.3 Å². The van der Waals surface area contributed by atoms with Gasteiger partial charge in [0.2, 0.25) is 0 Å². The van der Waals surface area contributed by atoms with Gasteiger partial charge >= 0.3 is 5.97 Å². The Morgan fingerprint density at radius 2 is 1.96 bits per heavy atom. The van der Waals surface area contributed by atoms with E-state index in [9.17, 15) is 9.59 Å². The van der Waals surface area contributed by atoms with Crippen molar-refractivity contribution in [3.63, 3.8) is 0 Å². The minimum atomic E-state index is -1.01. The molecule has 0 fully saturated rings. The molecule has 0 spiro atoms. The molecule has 0 aromatic carbocycles. The zero-order valence-electron chi connectivity index (χ0n) is 14.4. The molecule has 2 heterocycles. The van der Waals surface area contributed by atoms with Crippen molar-refractivity contribution in [2.45, 2.75) is 46.1 Å². The molecule has 0 saturated heterocycles. The number of nitrogens with zero attached hydrogens (tertiary/aromatic N) is 2. The van der Waals surface area contributed by atoms with Crippen LogP contribution in [0.5, 0.6) is 0 Å². The molecule has 0 aliphatic rings. The van der Waals surface area contributed by atoms with E-state index in [2.05, 4.69) is 36.1 Å². The van der Waals surface area contributed by atoms with E-state index < -0.39 is 12.0 Å². The van der Waals surface area contributed by atoms with Gasteiger partial charge in [-0.3, -0.25) is 9.78 Å². The van der Waals surface area contributed by atoms with E-state index >= 15 is 0 Å². The van der Waals surface area contributed by atoms with E-state index in [4.69, 9.17) is 5.11 Å². The number of carbonyl (C=O) groups excluding carboxylic acids is 1. The van der Waals surface area contributed by atoms with E-state index in [1.807, 2.05) is 6.07 Å². The van der Waals surface area contributed by atoms with Gasteiger partial charge in [-0.2, -0.15) is 0 Å². The highest BCUT2D eigenvalue weighted by molar-refractivity contribution is 7.13. The second kappa shape index (κ2) is 6.68. The number of thiazole rings is 1. The Hall–Kier alpha value is -2.28. The van der Waals surface area contributed by atoms with Gasteiger partial charge in [-0.15, -0.1) is 11.3 Å². The zero-order valence-corrected chi connectivity index (χ0v) is 15.2. The number of rotatable bonds is 4. The smallest absolute Gasteiger partial charge is 0.347 e. The molecule has 1 unspecified atom stereocenters. The summed E-state index contributed by atoms with van der Waals surface area (Å²) in [5.41, 5.74) is 1.80. The van der Waals surface area contributed by atoms with Crippen molar-refractivity contribution >= 4 is 23.2 Å². The van der Waals surface area contributed by atoms with Crippen LogP contribution in [0.2, 0.25) is 0 Å². The van der Waals surface area contributed by atoms with Crippen LogP contribution in [0.3, 0.4) is 0 Å². The third-order valence-corrected chi connectivity index (χ3v) is 4.92. The molecular weight excluding hydrogens is 326 g/mol. The number of aromatic nitrogens is 2. The van der Waals surface area contributed by atoms with Gasteiger partial charge in [0, 0.05) is 6.20 Å². The van der Waals surface area contributed by atoms with Gasteiger partial charge in [-0.25, -0.2) is 9.78 Å². The van der Waals surface area contributed by atoms with E-state index in [0.29, 0.717) is 16.4 Å². The largest absolute Gasteiger partial charge is 0.477 e. The van der Waals surface area contributed by atoms with Crippen molar-refractivity contribution in [1.29, 1.82) is 0 Å². The summed E-state index contributed by atoms with van der Waals surface area (Å²) in [5, 5.41) is 12.4. The predicted molar refractivity (Wildman–Crippen MR) is 92.6 cm³/mol. The second-order valence-corrected chi connectivity index (χ2v) is 7.68. The van der Waals surface area contributed by atoms with Crippen molar-refractivity contribution in [1.82, 2.24) is 15.3 Å². The van der Waals surface area contributed by atoms with E-state index in [-0.39, 0.29) is 16.2 Å². The molecule has 128 valence electrons. The van der Waals surface area contributed by atoms with Crippen molar-refractivity contribution in [3.05, 3.63) is 45.2 Å². The summed E-state index contributed by atoms with van der Waals surface area (Å²) >= 11 is 1.07. The number of amides is 1. The number of hydrogen-bond acceptors (Lipinski definition) is 5. The zero-order chi connectivity index (χ0) is 18.1. The number of carbonyl (C=O) groups is 2. The van der Waals surface area contributed by atoms with Gasteiger partial charge in [-0.05, 0) is 30.9 Å². The summed E-state index contributed by atoms with van der Waals surface area (Å²) in [7, 11) is 0. The number of pyridine rings is 1. The maximum Gasteiger partial charge on any atom is 0.347 e. The lowest BCUT2D eigenvalue weighted by Crippen LogP contribution is -2.27. The molecule has 6 nitrogen and oxygen atoms in total. The highest BCUT2D eigenvalue weighted by atomic mass is 32.1. The molecular formula is C17H21N3O3S. The fourth-order valence-corrected chi connectivity index (χ4v) is 3.01. The SMILES string of the molecule is Cc1nc(C(C)NC(=O)c2ccc(C(C)(C)C)cn2)sc1C(=O)O. The molecule has 0 aliphatic heterocycles. The molecule has 2 aromatic rings. The first-order valence-corrected chi connectivity index (χ1v) is 8.39. The maximum absolute atomic E-state index is 12.3. The van der Waals surface area contributed by atoms with Gasteiger partial charge in [-0.1, -0.05) is 26.8 Å². The quantitative estimate of drug-likeness (QED) is 0.885. The van der Waals surface area contributed by atoms with Crippen LogP contribution in [0.1, 0.15) is 70.2 Å². The van der Waals surface area contributed by atoms with Gasteiger partial charge in [0.05, 0.1) is 11.7 Å². The average Bonchev–Trinajstić information content (AvgIpc) is 2.88. The third kappa shape index (κ3) is 3.97. The van der Waals surface area contributed by atoms with Crippen molar-refractivity contribution < 1.29 is 14.7 Å². The normalized spacial score (nSPS) is 12.7. The highest BCUT2D eigenvalue weighted by Gasteiger charge is 2.20. The molecule has 0 bridgehead atoms. The summed E-state index contributed by atoms with van der Waals surface area (Å²) in [6.45, 7) is 9.65. The van der Waals surface area contributed by atoms with Crippen LogP contribution in [-0.2, 0) is 5.41 Å². The maximum atomic E-state index is 12.3. The predicted octanol–water partition coefficient (Wildman–Crippen LogP) is 3.33. The summed E-state index contributed by atoms with van der Waals surface area (Å²) in [5.74, 6) is -1.32. The van der Waals surface area contributed by atoms with Crippen molar-refractivity contribution in [2.24, 2.45) is 0 Å². The van der Waals surface area contributed by atoms with Gasteiger partial charge in [0.1, 0.15) is 15.6 Å². The number of aromatic carboxylic acids is 1. The first-order chi connectivity index (χ1) is 11.1.